The molecule has 0 aliphatic rings. The number of carbonyl (C=O) groups excluding carboxylic acids is 4. The van der Waals surface area contributed by atoms with Crippen LogP contribution in [0.25, 0.3) is 10.9 Å². The molecule has 41 heavy (non-hydrogen) atoms. The first-order valence-corrected chi connectivity index (χ1v) is 12.4. The number of nitrogens with zero attached hydrogens (tertiary/aromatic N) is 1. The SMILES string of the molecule is NC(=O)CC(NC(=O)C(N)Cc1c[nH]c2ccccc12)C(=O)NC(CC(=O)O)C(=O)NC(Cc1cnc[nH]1)C(=O)O. The molecule has 16 nitrogen and oxygen atoms in total. The van der Waals surface area contributed by atoms with Gasteiger partial charge in [-0.05, 0) is 18.1 Å². The number of aromatic nitrogens is 3. The number of hydrogen-bond acceptors (Lipinski definition) is 8. The molecule has 4 unspecified atom stereocenters. The summed E-state index contributed by atoms with van der Waals surface area (Å²) in [6, 6.07) is 1.35. The fraction of sp³-hybridized carbons (Fsp3) is 0.320. The summed E-state index contributed by atoms with van der Waals surface area (Å²) >= 11 is 0. The molecule has 4 atom stereocenters. The number of para-hydroxylation sites is 1. The van der Waals surface area contributed by atoms with Crippen molar-refractivity contribution in [3.63, 3.8) is 0 Å². The Kier molecular flexibility index (Phi) is 10.1. The van der Waals surface area contributed by atoms with Gasteiger partial charge < -0.3 is 47.6 Å². The van der Waals surface area contributed by atoms with Crippen molar-refractivity contribution in [2.45, 2.75) is 49.9 Å². The lowest BCUT2D eigenvalue weighted by Gasteiger charge is -2.24. The van der Waals surface area contributed by atoms with Crippen LogP contribution in [0.2, 0.25) is 0 Å². The molecule has 3 rings (SSSR count). The van der Waals surface area contributed by atoms with Crippen LogP contribution in [0, 0.1) is 0 Å². The summed E-state index contributed by atoms with van der Waals surface area (Å²) in [5.74, 6) is -6.90. The number of primary amides is 1. The van der Waals surface area contributed by atoms with Gasteiger partial charge in [-0.2, -0.15) is 0 Å². The highest BCUT2D eigenvalue weighted by Gasteiger charge is 2.32. The van der Waals surface area contributed by atoms with Gasteiger partial charge in [0, 0.05) is 35.4 Å². The maximum Gasteiger partial charge on any atom is 0.326 e. The highest BCUT2D eigenvalue weighted by molar-refractivity contribution is 5.97. The Bertz CT molecular complexity index is 1420. The highest BCUT2D eigenvalue weighted by Crippen LogP contribution is 2.18. The van der Waals surface area contributed by atoms with Gasteiger partial charge in [-0.3, -0.25) is 24.0 Å². The Hall–Kier alpha value is -5.25. The van der Waals surface area contributed by atoms with Crippen molar-refractivity contribution < 1.29 is 39.0 Å². The first-order chi connectivity index (χ1) is 19.4. The number of carboxylic acid groups (broad SMARTS) is 2. The smallest absolute Gasteiger partial charge is 0.326 e. The maximum atomic E-state index is 13.0. The van der Waals surface area contributed by atoms with Crippen LogP contribution in [-0.4, -0.2) is 84.9 Å². The summed E-state index contributed by atoms with van der Waals surface area (Å²) < 4.78 is 0. The molecule has 0 aliphatic heterocycles. The topological polar surface area (TPSA) is 275 Å². The zero-order valence-electron chi connectivity index (χ0n) is 21.6. The minimum Gasteiger partial charge on any atom is -0.481 e. The number of amides is 4. The number of rotatable bonds is 15. The number of aliphatic carboxylic acids is 2. The van der Waals surface area contributed by atoms with Gasteiger partial charge in [-0.15, -0.1) is 0 Å². The Morgan fingerprint density at radius 3 is 2.10 bits per heavy atom. The molecule has 2 heterocycles. The molecule has 0 saturated carbocycles. The molecule has 2 aromatic heterocycles. The molecular weight excluding hydrogens is 540 g/mol. The number of H-pyrrole nitrogens is 2. The second-order valence-electron chi connectivity index (χ2n) is 9.24. The normalized spacial score (nSPS) is 13.9. The molecule has 0 saturated heterocycles. The fourth-order valence-electron chi connectivity index (χ4n) is 4.06. The fourth-order valence-corrected chi connectivity index (χ4v) is 4.06. The minimum absolute atomic E-state index is 0.0811. The summed E-state index contributed by atoms with van der Waals surface area (Å²) in [6.45, 7) is 0. The van der Waals surface area contributed by atoms with Crippen LogP contribution in [0.5, 0.6) is 0 Å². The number of carbonyl (C=O) groups is 6. The summed E-state index contributed by atoms with van der Waals surface area (Å²) in [6.07, 6.45) is 2.61. The second-order valence-corrected chi connectivity index (χ2v) is 9.24. The van der Waals surface area contributed by atoms with Crippen molar-refractivity contribution in [2.75, 3.05) is 0 Å². The standard InChI is InChI=1S/C25H30N8O8/c26-15(5-12-9-29-16-4-2-1-3-14(12)16)22(37)31-17(7-20(27)34)23(38)32-18(8-21(35)36)24(39)33-19(25(40)41)6-13-10-28-11-30-13/h1-4,9-11,15,17-19,29H,5-8,26H2,(H2,27,34)(H,28,30)(H,31,37)(H,32,38)(H,33,39)(H,35,36)(H,40,41). The number of nitrogens with one attached hydrogen (secondary N) is 5. The van der Waals surface area contributed by atoms with Gasteiger partial charge in [0.2, 0.25) is 23.6 Å². The van der Waals surface area contributed by atoms with Crippen molar-refractivity contribution in [1.29, 1.82) is 0 Å². The number of nitrogens with two attached hydrogens (primary N) is 2. The third kappa shape index (κ3) is 8.62. The third-order valence-electron chi connectivity index (χ3n) is 6.10. The monoisotopic (exact) mass is 570 g/mol. The van der Waals surface area contributed by atoms with E-state index in [1.165, 1.54) is 12.5 Å². The van der Waals surface area contributed by atoms with E-state index in [0.29, 0.717) is 5.69 Å². The van der Waals surface area contributed by atoms with E-state index in [2.05, 4.69) is 30.9 Å². The Labute approximate surface area is 232 Å². The molecule has 3 aromatic rings. The molecule has 0 spiro atoms. The van der Waals surface area contributed by atoms with Crippen molar-refractivity contribution in [1.82, 2.24) is 30.9 Å². The van der Waals surface area contributed by atoms with E-state index in [1.807, 2.05) is 24.3 Å². The predicted molar refractivity (Wildman–Crippen MR) is 142 cm³/mol. The lowest BCUT2D eigenvalue weighted by molar-refractivity contribution is -0.143. The lowest BCUT2D eigenvalue weighted by Crippen LogP contribution is -2.58. The zero-order chi connectivity index (χ0) is 30.1. The molecule has 11 N–H and O–H groups in total. The quantitative estimate of drug-likeness (QED) is 0.0959. The number of carboxylic acids is 2. The Morgan fingerprint density at radius 2 is 1.49 bits per heavy atom. The number of hydrogen-bond donors (Lipinski definition) is 9. The maximum absolute atomic E-state index is 13.0. The zero-order valence-corrected chi connectivity index (χ0v) is 21.6. The number of benzene rings is 1. The average Bonchev–Trinajstić information content (AvgIpc) is 3.57. The van der Waals surface area contributed by atoms with Crippen LogP contribution >= 0.6 is 0 Å². The van der Waals surface area contributed by atoms with Gasteiger partial charge in [0.15, 0.2) is 0 Å². The molecule has 218 valence electrons. The van der Waals surface area contributed by atoms with E-state index in [4.69, 9.17) is 11.5 Å². The van der Waals surface area contributed by atoms with Crippen LogP contribution in [0.3, 0.4) is 0 Å². The van der Waals surface area contributed by atoms with Gasteiger partial charge in [0.05, 0.1) is 25.2 Å². The van der Waals surface area contributed by atoms with Crippen LogP contribution in [0.1, 0.15) is 24.1 Å². The average molecular weight is 571 g/mol. The van der Waals surface area contributed by atoms with Crippen LogP contribution in [0.15, 0.2) is 43.0 Å². The second kappa shape index (κ2) is 13.7. The molecule has 0 radical (unpaired) electrons. The van der Waals surface area contributed by atoms with E-state index < -0.39 is 72.6 Å². The lowest BCUT2D eigenvalue weighted by atomic mass is 10.0. The van der Waals surface area contributed by atoms with Crippen molar-refractivity contribution in [2.24, 2.45) is 11.5 Å². The van der Waals surface area contributed by atoms with E-state index >= 15 is 0 Å². The molecule has 4 amide bonds. The molecule has 0 aliphatic carbocycles. The first-order valence-electron chi connectivity index (χ1n) is 12.4. The van der Waals surface area contributed by atoms with Crippen LogP contribution < -0.4 is 27.4 Å². The first kappa shape index (κ1) is 30.3. The Balaban J connectivity index is 1.70. The number of fused-ring (bicyclic) bond motifs is 1. The minimum atomic E-state index is -1.75. The van der Waals surface area contributed by atoms with Crippen LogP contribution in [0.4, 0.5) is 0 Å². The largest absolute Gasteiger partial charge is 0.481 e. The summed E-state index contributed by atoms with van der Waals surface area (Å²) in [7, 11) is 0. The molecule has 0 bridgehead atoms. The predicted octanol–water partition coefficient (Wildman–Crippen LogP) is -2.11. The summed E-state index contributed by atoms with van der Waals surface area (Å²) in [4.78, 5) is 82.9. The van der Waals surface area contributed by atoms with Gasteiger partial charge in [0.25, 0.3) is 0 Å². The summed E-state index contributed by atoms with van der Waals surface area (Å²) in [5.41, 5.74) is 13.2. The van der Waals surface area contributed by atoms with Crippen molar-refractivity contribution >= 4 is 46.5 Å². The number of imidazole rings is 1. The molecule has 1 aromatic carbocycles. The van der Waals surface area contributed by atoms with Gasteiger partial charge in [-0.25, -0.2) is 9.78 Å². The Morgan fingerprint density at radius 1 is 0.854 bits per heavy atom. The van der Waals surface area contributed by atoms with Crippen molar-refractivity contribution in [3.05, 3.63) is 54.2 Å². The number of aromatic amines is 2. The van der Waals surface area contributed by atoms with E-state index in [9.17, 15) is 39.0 Å². The third-order valence-corrected chi connectivity index (χ3v) is 6.10. The highest BCUT2D eigenvalue weighted by atomic mass is 16.4. The van der Waals surface area contributed by atoms with Crippen molar-refractivity contribution in [3.8, 4) is 0 Å². The van der Waals surface area contributed by atoms with E-state index in [0.717, 1.165) is 16.5 Å². The van der Waals surface area contributed by atoms with Gasteiger partial charge in [0.1, 0.15) is 18.1 Å². The molecule has 16 heteroatoms. The van der Waals surface area contributed by atoms with Gasteiger partial charge in [-0.1, -0.05) is 18.2 Å². The van der Waals surface area contributed by atoms with Gasteiger partial charge >= 0.3 is 11.9 Å². The van der Waals surface area contributed by atoms with Crippen LogP contribution in [-0.2, 0) is 41.6 Å². The molecule has 0 fully saturated rings. The van der Waals surface area contributed by atoms with E-state index in [1.54, 1.807) is 6.20 Å². The summed E-state index contributed by atoms with van der Waals surface area (Å²) in [5, 5.41) is 26.3. The van der Waals surface area contributed by atoms with E-state index in [-0.39, 0.29) is 12.8 Å². The molecular formula is C25H30N8O8.